The molecule has 0 bridgehead atoms. The molecule has 5 N–H and O–H groups in total. The summed E-state index contributed by atoms with van der Waals surface area (Å²) >= 11 is 0. The Bertz CT molecular complexity index is 1410. The lowest BCUT2D eigenvalue weighted by Crippen LogP contribution is -2.46. The van der Waals surface area contributed by atoms with Crippen LogP contribution in [0.4, 0.5) is 27.4 Å². The predicted molar refractivity (Wildman–Crippen MR) is 140 cm³/mol. The molecule has 1 aliphatic rings. The molecule has 1 amide bonds. The molecule has 10 heteroatoms. The van der Waals surface area contributed by atoms with Gasteiger partial charge in [0.2, 0.25) is 5.95 Å². The fraction of sp³-hybridized carbons (Fsp3) is 0.269. The SMILES string of the molecule is CCCN1CCN(c2cccc(Nc3ncc(F)c(-n4cc(C(N)=O)c5cc(N)ccc54)n3)c2)CC1. The quantitative estimate of drug-likeness (QED) is 0.341. The van der Waals surface area contributed by atoms with Crippen molar-refractivity contribution < 1.29 is 9.18 Å². The minimum Gasteiger partial charge on any atom is -0.399 e. The maximum atomic E-state index is 14.9. The molecule has 0 spiro atoms. The van der Waals surface area contributed by atoms with Crippen LogP contribution >= 0.6 is 0 Å². The Kier molecular flexibility index (Phi) is 6.43. The van der Waals surface area contributed by atoms with Crippen molar-refractivity contribution in [3.05, 3.63) is 66.2 Å². The first-order valence-corrected chi connectivity index (χ1v) is 12.0. The highest BCUT2D eigenvalue weighted by atomic mass is 19.1. The normalized spacial score (nSPS) is 14.3. The number of hydrogen-bond donors (Lipinski definition) is 3. The Labute approximate surface area is 208 Å². The molecule has 0 saturated carbocycles. The highest BCUT2D eigenvalue weighted by Gasteiger charge is 2.19. The van der Waals surface area contributed by atoms with Crippen molar-refractivity contribution in [1.29, 1.82) is 0 Å². The number of benzene rings is 2. The number of nitrogens with one attached hydrogen (secondary N) is 1. The Hall–Kier alpha value is -4.18. The summed E-state index contributed by atoms with van der Waals surface area (Å²) in [6.45, 7) is 7.35. The summed E-state index contributed by atoms with van der Waals surface area (Å²) in [5, 5.41) is 3.72. The van der Waals surface area contributed by atoms with Crippen LogP contribution in [0, 0.1) is 5.82 Å². The van der Waals surface area contributed by atoms with Gasteiger partial charge in [-0.15, -0.1) is 0 Å². The van der Waals surface area contributed by atoms with Crippen LogP contribution < -0.4 is 21.7 Å². The smallest absolute Gasteiger partial charge is 0.250 e. The van der Waals surface area contributed by atoms with Crippen LogP contribution in [0.15, 0.2) is 54.9 Å². The fourth-order valence-electron chi connectivity index (χ4n) is 4.66. The van der Waals surface area contributed by atoms with Crippen molar-refractivity contribution in [2.45, 2.75) is 13.3 Å². The number of rotatable bonds is 7. The summed E-state index contributed by atoms with van der Waals surface area (Å²) in [4.78, 5) is 25.4. The van der Waals surface area contributed by atoms with E-state index in [-0.39, 0.29) is 17.3 Å². The number of aromatic nitrogens is 3. The topological polar surface area (TPSA) is 118 Å². The van der Waals surface area contributed by atoms with E-state index in [9.17, 15) is 9.18 Å². The van der Waals surface area contributed by atoms with Gasteiger partial charge in [0.1, 0.15) is 0 Å². The number of anilines is 4. The molecule has 0 aliphatic carbocycles. The van der Waals surface area contributed by atoms with Crippen LogP contribution in [-0.2, 0) is 0 Å². The van der Waals surface area contributed by atoms with Crippen LogP contribution in [0.5, 0.6) is 0 Å². The highest BCUT2D eigenvalue weighted by molar-refractivity contribution is 6.07. The van der Waals surface area contributed by atoms with E-state index < -0.39 is 11.7 Å². The Morgan fingerprint density at radius 1 is 1.14 bits per heavy atom. The van der Waals surface area contributed by atoms with Gasteiger partial charge in [-0.1, -0.05) is 13.0 Å². The lowest BCUT2D eigenvalue weighted by atomic mass is 10.1. The zero-order valence-corrected chi connectivity index (χ0v) is 20.1. The molecule has 0 radical (unpaired) electrons. The van der Waals surface area contributed by atoms with Crippen molar-refractivity contribution >= 4 is 39.8 Å². The second kappa shape index (κ2) is 9.82. The van der Waals surface area contributed by atoms with E-state index in [1.165, 1.54) is 10.8 Å². The molecule has 36 heavy (non-hydrogen) atoms. The minimum atomic E-state index is -0.635. The summed E-state index contributed by atoms with van der Waals surface area (Å²) in [6.07, 6.45) is 3.74. The second-order valence-corrected chi connectivity index (χ2v) is 8.92. The van der Waals surface area contributed by atoms with Crippen LogP contribution in [0.25, 0.3) is 16.7 Å². The van der Waals surface area contributed by atoms with E-state index in [1.807, 2.05) is 18.2 Å². The maximum Gasteiger partial charge on any atom is 0.250 e. The summed E-state index contributed by atoms with van der Waals surface area (Å²) in [5.74, 6) is -1.04. The van der Waals surface area contributed by atoms with Gasteiger partial charge in [0.05, 0.1) is 17.3 Å². The van der Waals surface area contributed by atoms with Crippen LogP contribution in [0.1, 0.15) is 23.7 Å². The third-order valence-electron chi connectivity index (χ3n) is 6.43. The van der Waals surface area contributed by atoms with Gasteiger partial charge in [-0.3, -0.25) is 14.3 Å². The van der Waals surface area contributed by atoms with Crippen molar-refractivity contribution in [3.63, 3.8) is 0 Å². The van der Waals surface area contributed by atoms with Crippen molar-refractivity contribution in [2.24, 2.45) is 5.73 Å². The first-order chi connectivity index (χ1) is 17.4. The van der Waals surface area contributed by atoms with Gasteiger partial charge in [0.15, 0.2) is 11.6 Å². The minimum absolute atomic E-state index is 0.00188. The molecule has 1 aliphatic heterocycles. The van der Waals surface area contributed by atoms with E-state index in [1.54, 1.807) is 18.2 Å². The number of fused-ring (bicyclic) bond motifs is 1. The van der Waals surface area contributed by atoms with E-state index in [0.29, 0.717) is 16.6 Å². The summed E-state index contributed by atoms with van der Waals surface area (Å²) in [6, 6.07) is 13.0. The molecule has 4 aromatic rings. The number of hydrogen-bond acceptors (Lipinski definition) is 7. The Morgan fingerprint density at radius 2 is 1.94 bits per heavy atom. The number of primary amides is 1. The van der Waals surface area contributed by atoms with E-state index in [2.05, 4.69) is 38.1 Å². The van der Waals surface area contributed by atoms with Crippen LogP contribution in [0.3, 0.4) is 0 Å². The molecule has 2 aromatic carbocycles. The molecule has 3 heterocycles. The van der Waals surface area contributed by atoms with Crippen LogP contribution in [-0.4, -0.2) is 58.1 Å². The Morgan fingerprint density at radius 3 is 2.69 bits per heavy atom. The van der Waals surface area contributed by atoms with Gasteiger partial charge >= 0.3 is 0 Å². The standard InChI is InChI=1S/C26H29FN8O/c1-2-8-33-9-11-34(12-10-33)19-5-3-4-18(14-19)31-26-30-15-22(27)25(32-26)35-16-21(24(29)36)20-13-17(28)6-7-23(20)35/h3-7,13-16H,2,8-12,28H2,1H3,(H2,29,36)(H,30,31,32). The first-order valence-electron chi connectivity index (χ1n) is 12.0. The number of piperazine rings is 1. The van der Waals surface area contributed by atoms with Gasteiger partial charge < -0.3 is 21.7 Å². The summed E-state index contributed by atoms with van der Waals surface area (Å²) in [5.41, 5.74) is 14.6. The lowest BCUT2D eigenvalue weighted by Gasteiger charge is -2.36. The molecule has 1 fully saturated rings. The molecule has 5 rings (SSSR count). The van der Waals surface area contributed by atoms with Gasteiger partial charge in [-0.25, -0.2) is 9.37 Å². The fourth-order valence-corrected chi connectivity index (χ4v) is 4.66. The number of amides is 1. The highest BCUT2D eigenvalue weighted by Crippen LogP contribution is 2.28. The largest absolute Gasteiger partial charge is 0.399 e. The van der Waals surface area contributed by atoms with Crippen LogP contribution in [0.2, 0.25) is 0 Å². The molecular formula is C26H29FN8O. The maximum absolute atomic E-state index is 14.9. The molecule has 0 unspecified atom stereocenters. The van der Waals surface area contributed by atoms with Gasteiger partial charge in [0.25, 0.3) is 5.91 Å². The molecule has 1 saturated heterocycles. The number of nitrogen functional groups attached to an aromatic ring is 1. The third-order valence-corrected chi connectivity index (χ3v) is 6.43. The third kappa shape index (κ3) is 4.67. The summed E-state index contributed by atoms with van der Waals surface area (Å²) < 4.78 is 16.4. The Balaban J connectivity index is 1.42. The number of carbonyl (C=O) groups excluding carboxylic acids is 1. The zero-order chi connectivity index (χ0) is 25.2. The monoisotopic (exact) mass is 488 g/mol. The van der Waals surface area contributed by atoms with Crippen molar-refractivity contribution in [3.8, 4) is 5.82 Å². The molecule has 0 atom stereocenters. The zero-order valence-electron chi connectivity index (χ0n) is 20.1. The van der Waals surface area contributed by atoms with Crippen molar-refractivity contribution in [2.75, 3.05) is 48.7 Å². The summed E-state index contributed by atoms with van der Waals surface area (Å²) in [7, 11) is 0. The average Bonchev–Trinajstić information content (AvgIpc) is 3.25. The van der Waals surface area contributed by atoms with Gasteiger partial charge in [0, 0.05) is 54.8 Å². The van der Waals surface area contributed by atoms with Crippen molar-refractivity contribution in [1.82, 2.24) is 19.4 Å². The molecule has 9 nitrogen and oxygen atoms in total. The predicted octanol–water partition coefficient (Wildman–Crippen LogP) is 3.52. The second-order valence-electron chi connectivity index (χ2n) is 8.92. The number of carbonyl (C=O) groups is 1. The number of nitrogens with zero attached hydrogens (tertiary/aromatic N) is 5. The van der Waals surface area contributed by atoms with Gasteiger partial charge in [-0.05, 0) is 49.4 Å². The van der Waals surface area contributed by atoms with E-state index >= 15 is 0 Å². The first kappa shape index (κ1) is 23.6. The van der Waals surface area contributed by atoms with E-state index in [4.69, 9.17) is 11.5 Å². The lowest BCUT2D eigenvalue weighted by molar-refractivity contribution is 0.100. The van der Waals surface area contributed by atoms with E-state index in [0.717, 1.165) is 56.7 Å². The number of halogens is 1. The number of nitrogens with two attached hydrogens (primary N) is 2. The van der Waals surface area contributed by atoms with Gasteiger partial charge in [-0.2, -0.15) is 4.98 Å². The molecular weight excluding hydrogens is 459 g/mol. The molecule has 2 aromatic heterocycles. The average molecular weight is 489 g/mol. The molecule has 186 valence electrons.